The number of carbonyl (C=O) groups excluding carboxylic acids is 2. The van der Waals surface area contributed by atoms with E-state index in [-0.39, 0.29) is 24.9 Å². The van der Waals surface area contributed by atoms with Crippen LogP contribution in [0.1, 0.15) is 278 Å². The van der Waals surface area contributed by atoms with Crippen molar-refractivity contribution in [1.29, 1.82) is 0 Å². The monoisotopic (exact) mass is 936 g/mol. The number of rotatable bonds is 51. The summed E-state index contributed by atoms with van der Waals surface area (Å²) < 4.78 is 5.93. The Labute approximate surface area is 415 Å². The van der Waals surface area contributed by atoms with E-state index in [1.165, 1.54) is 154 Å². The molecule has 0 aliphatic rings. The third kappa shape index (κ3) is 49.5. The first kappa shape index (κ1) is 64.3. The van der Waals surface area contributed by atoms with Crippen molar-refractivity contribution in [2.45, 2.75) is 296 Å². The maximum atomic E-state index is 13.3. The number of unbranched alkanes of at least 4 members (excludes halogenated alkanes) is 31. The number of hydrogen-bond acceptors (Lipinski definition) is 5. The molecule has 0 fully saturated rings. The fourth-order valence-electron chi connectivity index (χ4n) is 8.49. The van der Waals surface area contributed by atoms with Crippen LogP contribution in [-0.4, -0.2) is 46.9 Å². The number of amides is 1. The summed E-state index contributed by atoms with van der Waals surface area (Å²) in [6, 6.07) is -0.721. The number of carbonyl (C=O) groups is 2. The molecular formula is C61H109NO5. The van der Waals surface area contributed by atoms with Crippen molar-refractivity contribution in [2.75, 3.05) is 6.61 Å². The average Bonchev–Trinajstić information content (AvgIpc) is 3.32. The number of allylic oxidation sites excluding steroid dienone is 12. The summed E-state index contributed by atoms with van der Waals surface area (Å²) >= 11 is 0. The Bertz CT molecular complexity index is 1230. The van der Waals surface area contributed by atoms with Gasteiger partial charge in [0, 0.05) is 6.42 Å². The second-order valence-electron chi connectivity index (χ2n) is 19.5. The Morgan fingerprint density at radius 2 is 0.761 bits per heavy atom. The van der Waals surface area contributed by atoms with Crippen LogP contribution in [-0.2, 0) is 14.3 Å². The van der Waals surface area contributed by atoms with Gasteiger partial charge in [-0.05, 0) is 77.0 Å². The van der Waals surface area contributed by atoms with E-state index in [9.17, 15) is 19.8 Å². The molecule has 0 radical (unpaired) electrons. The van der Waals surface area contributed by atoms with Crippen molar-refractivity contribution < 1.29 is 24.5 Å². The molecule has 0 spiro atoms. The quantitative estimate of drug-likeness (QED) is 0.0321. The first-order valence-corrected chi connectivity index (χ1v) is 28.7. The molecule has 0 aromatic heterocycles. The van der Waals surface area contributed by atoms with Gasteiger partial charge in [-0.25, -0.2) is 0 Å². The fourth-order valence-corrected chi connectivity index (χ4v) is 8.49. The molecule has 3 N–H and O–H groups in total. The van der Waals surface area contributed by atoms with Gasteiger partial charge in [0.25, 0.3) is 0 Å². The van der Waals surface area contributed by atoms with Crippen LogP contribution in [0.15, 0.2) is 72.9 Å². The summed E-state index contributed by atoms with van der Waals surface area (Å²) in [4.78, 5) is 26.3. The zero-order chi connectivity index (χ0) is 48.8. The predicted octanol–water partition coefficient (Wildman–Crippen LogP) is 17.7. The predicted molar refractivity (Wildman–Crippen MR) is 291 cm³/mol. The Morgan fingerprint density at radius 1 is 0.433 bits per heavy atom. The first-order valence-electron chi connectivity index (χ1n) is 28.7. The molecule has 0 heterocycles. The molecule has 0 saturated carbocycles. The standard InChI is InChI=1S/C61H109NO5/c1-4-7-10-13-16-19-22-25-28-30-33-35-38-41-44-47-50-53-59(64)58(56-63)62-60(65)55-57(52-49-46-43-40-37-34-32-29-26-23-20-17-14-11-8-5-2)67-61(66)54-51-48-45-42-39-36-31-27-24-21-18-15-12-9-6-3/h17-18,20-21,23-24,26-27,29,32,34,37,57-59,63-64H,4-16,19,22,25,28,30-31,33,35-36,38-56H2,1-3H3,(H,62,65)/b20-17+,21-18+,26-23+,27-24+,32-29+,37-34+. The highest BCUT2D eigenvalue weighted by atomic mass is 16.5. The summed E-state index contributed by atoms with van der Waals surface area (Å²) in [6.45, 7) is 6.42. The summed E-state index contributed by atoms with van der Waals surface area (Å²) in [5.41, 5.74) is 0. The van der Waals surface area contributed by atoms with Gasteiger partial charge in [-0.15, -0.1) is 0 Å². The summed E-state index contributed by atoms with van der Waals surface area (Å²) in [6.07, 6.45) is 69.6. The average molecular weight is 937 g/mol. The molecule has 0 aliphatic carbocycles. The van der Waals surface area contributed by atoms with Crippen molar-refractivity contribution in [3.8, 4) is 0 Å². The third-order valence-electron chi connectivity index (χ3n) is 12.9. The van der Waals surface area contributed by atoms with E-state index in [1.54, 1.807) is 0 Å². The number of esters is 1. The van der Waals surface area contributed by atoms with E-state index in [1.807, 2.05) is 0 Å². The van der Waals surface area contributed by atoms with Crippen LogP contribution in [0.2, 0.25) is 0 Å². The maximum absolute atomic E-state index is 13.3. The highest BCUT2D eigenvalue weighted by molar-refractivity contribution is 5.77. The molecule has 0 aromatic rings. The van der Waals surface area contributed by atoms with E-state index >= 15 is 0 Å². The zero-order valence-electron chi connectivity index (χ0n) is 44.3. The summed E-state index contributed by atoms with van der Waals surface area (Å²) in [7, 11) is 0. The van der Waals surface area contributed by atoms with Crippen LogP contribution in [0, 0.1) is 0 Å². The molecule has 6 heteroatoms. The Kier molecular flexibility index (Phi) is 52.1. The molecule has 0 bridgehead atoms. The van der Waals surface area contributed by atoms with Gasteiger partial charge >= 0.3 is 5.97 Å². The number of aliphatic hydroxyl groups is 2. The lowest BCUT2D eigenvalue weighted by Gasteiger charge is -2.24. The summed E-state index contributed by atoms with van der Waals surface area (Å²) in [5, 5.41) is 23.9. The fraction of sp³-hybridized carbons (Fsp3) is 0.770. The molecule has 388 valence electrons. The largest absolute Gasteiger partial charge is 0.462 e. The lowest BCUT2D eigenvalue weighted by molar-refractivity contribution is -0.151. The van der Waals surface area contributed by atoms with Gasteiger partial charge in [0.15, 0.2) is 0 Å². The summed E-state index contributed by atoms with van der Waals surface area (Å²) in [5.74, 6) is -0.522. The Hall–Kier alpha value is -2.70. The lowest BCUT2D eigenvalue weighted by atomic mass is 10.0. The molecule has 3 atom stereocenters. The van der Waals surface area contributed by atoms with Gasteiger partial charge in [0.1, 0.15) is 6.10 Å². The molecular weight excluding hydrogens is 827 g/mol. The van der Waals surface area contributed by atoms with Crippen molar-refractivity contribution in [2.24, 2.45) is 0 Å². The van der Waals surface area contributed by atoms with Crippen molar-refractivity contribution in [1.82, 2.24) is 5.32 Å². The molecule has 0 rings (SSSR count). The normalized spacial score (nSPS) is 13.7. The van der Waals surface area contributed by atoms with Gasteiger partial charge in [-0.3, -0.25) is 9.59 Å². The van der Waals surface area contributed by atoms with Crippen LogP contribution in [0.5, 0.6) is 0 Å². The van der Waals surface area contributed by atoms with E-state index in [4.69, 9.17) is 4.74 Å². The third-order valence-corrected chi connectivity index (χ3v) is 12.9. The van der Waals surface area contributed by atoms with E-state index in [2.05, 4.69) is 99.0 Å². The molecule has 3 unspecified atom stereocenters. The Balaban J connectivity index is 4.64. The minimum absolute atomic E-state index is 0.0450. The number of ether oxygens (including phenoxy) is 1. The van der Waals surface area contributed by atoms with Crippen LogP contribution in [0.4, 0.5) is 0 Å². The van der Waals surface area contributed by atoms with Gasteiger partial charge in [-0.1, -0.05) is 261 Å². The SMILES string of the molecule is CCCCC/C=C/C=C/C=C/C=C/CCCCCC(CC(=O)NC(CO)C(O)CCCCCCCCCCCCCCCCCCC)OC(=O)CCCCCCCC/C=C/C=C/CCCCC. The minimum atomic E-state index is -0.805. The number of nitrogens with one attached hydrogen (secondary N) is 1. The van der Waals surface area contributed by atoms with Gasteiger partial charge in [0.05, 0.1) is 25.2 Å². The van der Waals surface area contributed by atoms with Crippen molar-refractivity contribution in [3.63, 3.8) is 0 Å². The minimum Gasteiger partial charge on any atom is -0.462 e. The molecule has 0 aromatic carbocycles. The molecule has 6 nitrogen and oxygen atoms in total. The highest BCUT2D eigenvalue weighted by Crippen LogP contribution is 2.18. The number of aliphatic hydroxyl groups excluding tert-OH is 2. The zero-order valence-corrected chi connectivity index (χ0v) is 44.3. The molecule has 0 aliphatic heterocycles. The van der Waals surface area contributed by atoms with Crippen LogP contribution in [0.3, 0.4) is 0 Å². The van der Waals surface area contributed by atoms with Crippen LogP contribution in [0.25, 0.3) is 0 Å². The Morgan fingerprint density at radius 3 is 1.21 bits per heavy atom. The second-order valence-corrected chi connectivity index (χ2v) is 19.5. The molecule has 0 saturated heterocycles. The maximum Gasteiger partial charge on any atom is 0.306 e. The van der Waals surface area contributed by atoms with Crippen molar-refractivity contribution in [3.05, 3.63) is 72.9 Å². The highest BCUT2D eigenvalue weighted by Gasteiger charge is 2.24. The van der Waals surface area contributed by atoms with Gasteiger partial charge in [-0.2, -0.15) is 0 Å². The molecule has 1 amide bonds. The van der Waals surface area contributed by atoms with Gasteiger partial charge in [0.2, 0.25) is 5.91 Å². The number of hydrogen-bond donors (Lipinski definition) is 3. The van der Waals surface area contributed by atoms with Crippen molar-refractivity contribution >= 4 is 11.9 Å². The second kappa shape index (κ2) is 54.2. The van der Waals surface area contributed by atoms with E-state index in [0.29, 0.717) is 19.3 Å². The first-order chi connectivity index (χ1) is 33.0. The van der Waals surface area contributed by atoms with E-state index in [0.717, 1.165) is 77.0 Å². The smallest absolute Gasteiger partial charge is 0.306 e. The van der Waals surface area contributed by atoms with Crippen LogP contribution >= 0.6 is 0 Å². The van der Waals surface area contributed by atoms with Crippen LogP contribution < -0.4 is 5.32 Å². The lowest BCUT2D eigenvalue weighted by Crippen LogP contribution is -2.46. The van der Waals surface area contributed by atoms with Gasteiger partial charge < -0.3 is 20.3 Å². The molecule has 67 heavy (non-hydrogen) atoms. The van der Waals surface area contributed by atoms with E-state index < -0.39 is 18.2 Å². The topological polar surface area (TPSA) is 95.9 Å².